The molecular weight excluding hydrogens is 375 g/mol. The lowest BCUT2D eigenvalue weighted by Gasteiger charge is -2.27. The number of likely N-dealkylation sites (tertiary alicyclic amines) is 1. The van der Waals surface area contributed by atoms with Gasteiger partial charge in [0.2, 0.25) is 0 Å². The fourth-order valence-corrected chi connectivity index (χ4v) is 3.09. The van der Waals surface area contributed by atoms with Crippen LogP contribution < -0.4 is 10.6 Å². The lowest BCUT2D eigenvalue weighted by atomic mass is 10.1. The van der Waals surface area contributed by atoms with Crippen molar-refractivity contribution in [2.45, 2.75) is 25.4 Å². The van der Waals surface area contributed by atoms with E-state index in [2.05, 4.69) is 15.7 Å². The van der Waals surface area contributed by atoms with Crippen molar-refractivity contribution in [2.75, 3.05) is 23.7 Å². The van der Waals surface area contributed by atoms with E-state index in [0.29, 0.717) is 13.1 Å². The van der Waals surface area contributed by atoms with Crippen LogP contribution in [0, 0.1) is 0 Å². The minimum Gasteiger partial charge on any atom is -0.337 e. The average Bonchev–Trinajstić information content (AvgIpc) is 3.01. The van der Waals surface area contributed by atoms with Crippen LogP contribution in [0.1, 0.15) is 35.3 Å². The topological polar surface area (TPSA) is 79.3 Å². The van der Waals surface area contributed by atoms with Gasteiger partial charge in [0.1, 0.15) is 5.69 Å². The highest BCUT2D eigenvalue weighted by Crippen LogP contribution is 2.30. The van der Waals surface area contributed by atoms with Crippen LogP contribution in [0.2, 0.25) is 0 Å². The van der Waals surface area contributed by atoms with Gasteiger partial charge >= 0.3 is 12.2 Å². The molecule has 150 valence electrons. The van der Waals surface area contributed by atoms with Gasteiger partial charge in [-0.1, -0.05) is 6.07 Å². The van der Waals surface area contributed by atoms with E-state index in [9.17, 15) is 22.8 Å². The summed E-state index contributed by atoms with van der Waals surface area (Å²) in [6.07, 6.45) is -0.265. The molecule has 1 saturated heterocycles. The summed E-state index contributed by atoms with van der Waals surface area (Å²) in [5, 5.41) is 8.86. The van der Waals surface area contributed by atoms with Crippen molar-refractivity contribution in [3.8, 4) is 0 Å². The van der Waals surface area contributed by atoms with E-state index in [1.165, 1.54) is 23.0 Å². The lowest BCUT2D eigenvalue weighted by molar-refractivity contribution is -0.137. The zero-order valence-corrected chi connectivity index (χ0v) is 15.2. The highest BCUT2D eigenvalue weighted by atomic mass is 19.4. The Hall–Kier alpha value is -3.04. The maximum absolute atomic E-state index is 12.8. The standard InChI is InChI=1S/C18H20F3N5O2/c1-25-15(16(27)26-8-3-2-4-9-26)14(11-22-25)24-17(28)23-13-7-5-6-12(10-13)18(19,20)21/h5-7,10-11H,2-4,8-9H2,1H3,(H2,23,24,28). The van der Waals surface area contributed by atoms with Gasteiger partial charge in [0.15, 0.2) is 0 Å². The normalized spacial score (nSPS) is 14.6. The average molecular weight is 395 g/mol. The number of nitrogens with one attached hydrogen (secondary N) is 2. The molecular formula is C18H20F3N5O2. The number of nitrogens with zero attached hydrogens (tertiary/aromatic N) is 3. The Morgan fingerprint density at radius 2 is 1.82 bits per heavy atom. The van der Waals surface area contributed by atoms with Crippen LogP contribution in [-0.2, 0) is 13.2 Å². The van der Waals surface area contributed by atoms with Gasteiger partial charge in [-0.15, -0.1) is 0 Å². The van der Waals surface area contributed by atoms with Gasteiger partial charge in [-0.25, -0.2) is 4.79 Å². The molecule has 1 aromatic heterocycles. The summed E-state index contributed by atoms with van der Waals surface area (Å²) < 4.78 is 39.7. The van der Waals surface area contributed by atoms with Gasteiger partial charge in [0.25, 0.3) is 5.91 Å². The lowest BCUT2D eigenvalue weighted by Crippen LogP contribution is -2.37. The quantitative estimate of drug-likeness (QED) is 0.832. The number of hydrogen-bond donors (Lipinski definition) is 2. The van der Waals surface area contributed by atoms with E-state index < -0.39 is 17.8 Å². The first kappa shape index (κ1) is 19.7. The van der Waals surface area contributed by atoms with Crippen LogP contribution in [0.25, 0.3) is 0 Å². The van der Waals surface area contributed by atoms with E-state index in [0.717, 1.165) is 31.4 Å². The van der Waals surface area contributed by atoms with Crippen molar-refractivity contribution >= 4 is 23.3 Å². The van der Waals surface area contributed by atoms with Gasteiger partial charge in [-0.05, 0) is 37.5 Å². The van der Waals surface area contributed by atoms with Gasteiger partial charge in [-0.2, -0.15) is 18.3 Å². The Morgan fingerprint density at radius 1 is 1.11 bits per heavy atom. The Bertz CT molecular complexity index is 872. The highest BCUT2D eigenvalue weighted by molar-refractivity contribution is 6.05. The van der Waals surface area contributed by atoms with E-state index in [-0.39, 0.29) is 23.0 Å². The molecule has 0 saturated carbocycles. The second kappa shape index (κ2) is 7.91. The Morgan fingerprint density at radius 3 is 2.50 bits per heavy atom. The van der Waals surface area contributed by atoms with E-state index >= 15 is 0 Å². The zero-order valence-electron chi connectivity index (χ0n) is 15.2. The summed E-state index contributed by atoms with van der Waals surface area (Å²) in [4.78, 5) is 26.7. The molecule has 3 rings (SSSR count). The summed E-state index contributed by atoms with van der Waals surface area (Å²) in [5.41, 5.74) is -0.462. The third kappa shape index (κ3) is 4.44. The zero-order chi connectivity index (χ0) is 20.3. The van der Waals surface area contributed by atoms with Crippen molar-refractivity contribution in [3.05, 3.63) is 41.7 Å². The SMILES string of the molecule is Cn1ncc(NC(=O)Nc2cccc(C(F)(F)F)c2)c1C(=O)N1CCCCC1. The molecule has 1 aliphatic rings. The molecule has 0 aliphatic carbocycles. The fraction of sp³-hybridized carbons (Fsp3) is 0.389. The van der Waals surface area contributed by atoms with Crippen LogP contribution in [0.3, 0.4) is 0 Å². The predicted octanol–water partition coefficient (Wildman–Crippen LogP) is 3.71. The maximum Gasteiger partial charge on any atom is 0.416 e. The Labute approximate surface area is 159 Å². The number of aryl methyl sites for hydroxylation is 1. The molecule has 2 N–H and O–H groups in total. The van der Waals surface area contributed by atoms with Crippen molar-refractivity contribution in [2.24, 2.45) is 7.05 Å². The number of benzene rings is 1. The summed E-state index contributed by atoms with van der Waals surface area (Å²) in [6.45, 7) is 1.28. The second-order valence-electron chi connectivity index (χ2n) is 6.54. The number of rotatable bonds is 3. The molecule has 28 heavy (non-hydrogen) atoms. The first-order valence-electron chi connectivity index (χ1n) is 8.82. The monoisotopic (exact) mass is 395 g/mol. The number of carbonyl (C=O) groups is 2. The molecule has 7 nitrogen and oxygen atoms in total. The summed E-state index contributed by atoms with van der Waals surface area (Å²) in [5.74, 6) is -0.242. The van der Waals surface area contributed by atoms with Crippen molar-refractivity contribution in [3.63, 3.8) is 0 Å². The summed E-state index contributed by atoms with van der Waals surface area (Å²) in [7, 11) is 1.59. The molecule has 0 radical (unpaired) electrons. The number of carbonyl (C=O) groups excluding carboxylic acids is 2. The third-order valence-corrected chi connectivity index (χ3v) is 4.48. The number of halogens is 3. The molecule has 0 spiro atoms. The number of amides is 3. The molecule has 2 aromatic rings. The van der Waals surface area contributed by atoms with Crippen LogP contribution in [-0.4, -0.2) is 39.7 Å². The van der Waals surface area contributed by atoms with Crippen LogP contribution >= 0.6 is 0 Å². The van der Waals surface area contributed by atoms with Crippen molar-refractivity contribution < 1.29 is 22.8 Å². The Kier molecular flexibility index (Phi) is 5.57. The van der Waals surface area contributed by atoms with Gasteiger partial charge in [0.05, 0.1) is 17.4 Å². The minimum atomic E-state index is -4.51. The molecule has 0 unspecified atom stereocenters. The minimum absolute atomic E-state index is 0.0138. The summed E-state index contributed by atoms with van der Waals surface area (Å²) >= 11 is 0. The van der Waals surface area contributed by atoms with Crippen molar-refractivity contribution in [1.82, 2.24) is 14.7 Å². The molecule has 0 atom stereocenters. The molecule has 0 bridgehead atoms. The molecule has 1 aliphatic heterocycles. The Balaban J connectivity index is 1.72. The second-order valence-corrected chi connectivity index (χ2v) is 6.54. The van der Waals surface area contributed by atoms with Gasteiger partial charge < -0.3 is 15.5 Å². The molecule has 1 fully saturated rings. The summed E-state index contributed by atoms with van der Waals surface area (Å²) in [6, 6.07) is 3.54. The molecule has 1 aromatic carbocycles. The third-order valence-electron chi connectivity index (χ3n) is 4.48. The van der Waals surface area contributed by atoms with E-state index in [4.69, 9.17) is 0 Å². The van der Waals surface area contributed by atoms with Crippen LogP contribution in [0.15, 0.2) is 30.5 Å². The van der Waals surface area contributed by atoms with E-state index in [1.54, 1.807) is 11.9 Å². The number of aromatic nitrogens is 2. The number of piperidine rings is 1. The highest BCUT2D eigenvalue weighted by Gasteiger charge is 2.30. The van der Waals surface area contributed by atoms with Crippen LogP contribution in [0.5, 0.6) is 0 Å². The maximum atomic E-state index is 12.8. The molecule has 2 heterocycles. The molecule has 3 amide bonds. The number of alkyl halides is 3. The van der Waals surface area contributed by atoms with E-state index in [1.807, 2.05) is 0 Å². The predicted molar refractivity (Wildman–Crippen MR) is 97.0 cm³/mol. The molecule has 10 heteroatoms. The number of anilines is 2. The number of hydrogen-bond acceptors (Lipinski definition) is 3. The largest absolute Gasteiger partial charge is 0.416 e. The smallest absolute Gasteiger partial charge is 0.337 e. The van der Waals surface area contributed by atoms with Gasteiger partial charge in [-0.3, -0.25) is 9.48 Å². The first-order chi connectivity index (χ1) is 13.3. The first-order valence-corrected chi connectivity index (χ1v) is 8.82. The number of urea groups is 1. The van der Waals surface area contributed by atoms with Crippen LogP contribution in [0.4, 0.5) is 29.3 Å². The fourth-order valence-electron chi connectivity index (χ4n) is 3.09. The van der Waals surface area contributed by atoms with Gasteiger partial charge in [0, 0.05) is 25.8 Å². The van der Waals surface area contributed by atoms with Crippen molar-refractivity contribution in [1.29, 1.82) is 0 Å².